The molecular weight excluding hydrogens is 172 g/mol. The van der Waals surface area contributed by atoms with E-state index in [1.54, 1.807) is 6.08 Å². The van der Waals surface area contributed by atoms with Crippen molar-refractivity contribution < 1.29 is 4.92 Å². The van der Waals surface area contributed by atoms with E-state index in [1.807, 2.05) is 6.08 Å². The van der Waals surface area contributed by atoms with Gasteiger partial charge in [0, 0.05) is 12.5 Å². The highest BCUT2D eigenvalue weighted by Gasteiger charge is 2.46. The maximum absolute atomic E-state index is 10.7. The summed E-state index contributed by atoms with van der Waals surface area (Å²) in [5.74, 6) is 0. The van der Waals surface area contributed by atoms with Crippen LogP contribution in [-0.2, 0) is 0 Å². The van der Waals surface area contributed by atoms with Crippen LogP contribution in [0, 0.1) is 10.1 Å². The fourth-order valence-electron chi connectivity index (χ4n) is 1.45. The summed E-state index contributed by atoms with van der Waals surface area (Å²) in [6, 6.07) is 0. The predicted octanol–water partition coefficient (Wildman–Crippen LogP) is 0.831. The summed E-state index contributed by atoms with van der Waals surface area (Å²) in [6.07, 6.45) is 5.47. The van der Waals surface area contributed by atoms with Crippen LogP contribution in [0.25, 0.3) is 0 Å². The predicted molar refractivity (Wildman–Crippen MR) is 43.4 cm³/mol. The third-order valence-electron chi connectivity index (χ3n) is 2.15. The lowest BCUT2D eigenvalue weighted by Gasteiger charge is -2.19. The fourth-order valence-corrected chi connectivity index (χ4v) is 1.45. The van der Waals surface area contributed by atoms with Gasteiger partial charge in [0.2, 0.25) is 0 Å². The van der Waals surface area contributed by atoms with E-state index in [9.17, 15) is 10.1 Å². The molecule has 13 heavy (non-hydrogen) atoms. The molecule has 2 aliphatic rings. The van der Waals surface area contributed by atoms with Crippen molar-refractivity contribution in [1.82, 2.24) is 5.43 Å². The highest BCUT2D eigenvalue weighted by Crippen LogP contribution is 2.32. The average Bonchev–Trinajstić information content (AvgIpc) is 2.54. The molecule has 1 spiro atoms. The van der Waals surface area contributed by atoms with E-state index >= 15 is 0 Å². The standard InChI is InChI=1S/C7H7N4O2/c12-11(13)6-3-1-2-4-7(6)5-8-10-9-7/h1-3H,4-5H2. The van der Waals surface area contributed by atoms with Crippen molar-refractivity contribution in [2.75, 3.05) is 6.54 Å². The van der Waals surface area contributed by atoms with Crippen molar-refractivity contribution in [3.8, 4) is 0 Å². The zero-order valence-electron chi connectivity index (χ0n) is 6.75. The van der Waals surface area contributed by atoms with Gasteiger partial charge in [0.25, 0.3) is 5.70 Å². The normalized spacial score (nSPS) is 30.3. The van der Waals surface area contributed by atoms with Gasteiger partial charge in [-0.1, -0.05) is 17.4 Å². The molecule has 6 nitrogen and oxygen atoms in total. The second-order valence-corrected chi connectivity index (χ2v) is 2.96. The Kier molecular flexibility index (Phi) is 1.61. The van der Waals surface area contributed by atoms with E-state index in [1.165, 1.54) is 6.08 Å². The molecule has 0 aromatic heterocycles. The number of hydrogen-bond donors (Lipinski definition) is 0. The van der Waals surface area contributed by atoms with Crippen molar-refractivity contribution in [3.05, 3.63) is 34.0 Å². The lowest BCUT2D eigenvalue weighted by atomic mass is 9.89. The summed E-state index contributed by atoms with van der Waals surface area (Å²) < 4.78 is 0. The average molecular weight is 179 g/mol. The summed E-state index contributed by atoms with van der Waals surface area (Å²) in [6.45, 7) is 0.282. The highest BCUT2D eigenvalue weighted by atomic mass is 16.6. The molecule has 1 aliphatic heterocycles. The van der Waals surface area contributed by atoms with Gasteiger partial charge in [0.1, 0.15) is 0 Å². The van der Waals surface area contributed by atoms with Crippen LogP contribution in [0.15, 0.2) is 34.3 Å². The summed E-state index contributed by atoms with van der Waals surface area (Å²) in [5.41, 5.74) is 2.93. The van der Waals surface area contributed by atoms with Gasteiger partial charge >= 0.3 is 0 Å². The van der Waals surface area contributed by atoms with Crippen molar-refractivity contribution in [1.29, 1.82) is 0 Å². The molecule has 1 atom stereocenters. The monoisotopic (exact) mass is 179 g/mol. The molecule has 1 aliphatic carbocycles. The Morgan fingerprint density at radius 1 is 1.62 bits per heavy atom. The van der Waals surface area contributed by atoms with E-state index in [2.05, 4.69) is 15.8 Å². The smallest absolute Gasteiger partial charge is 0.259 e. The van der Waals surface area contributed by atoms with E-state index < -0.39 is 10.5 Å². The zero-order chi connectivity index (χ0) is 9.31. The van der Waals surface area contributed by atoms with Crippen LogP contribution in [0.5, 0.6) is 0 Å². The van der Waals surface area contributed by atoms with E-state index in [0.717, 1.165) is 0 Å². The molecule has 1 unspecified atom stereocenters. The number of rotatable bonds is 1. The molecule has 2 rings (SSSR count). The number of allylic oxidation sites excluding steroid dienone is 2. The van der Waals surface area contributed by atoms with Gasteiger partial charge < -0.3 is 0 Å². The van der Waals surface area contributed by atoms with Crippen LogP contribution in [0.4, 0.5) is 0 Å². The van der Waals surface area contributed by atoms with E-state index in [-0.39, 0.29) is 12.2 Å². The number of nitro groups is 1. The molecule has 0 N–H and O–H groups in total. The first kappa shape index (κ1) is 7.90. The van der Waals surface area contributed by atoms with Crippen LogP contribution in [0.3, 0.4) is 0 Å². The Morgan fingerprint density at radius 2 is 2.46 bits per heavy atom. The second-order valence-electron chi connectivity index (χ2n) is 2.96. The molecule has 0 aromatic rings. The van der Waals surface area contributed by atoms with Gasteiger partial charge in [-0.3, -0.25) is 10.1 Å². The maximum atomic E-state index is 10.7. The molecule has 0 saturated carbocycles. The molecule has 1 heterocycles. The zero-order valence-corrected chi connectivity index (χ0v) is 6.75. The summed E-state index contributed by atoms with van der Waals surface area (Å²) in [7, 11) is 0. The van der Waals surface area contributed by atoms with Crippen LogP contribution in [-0.4, -0.2) is 17.0 Å². The van der Waals surface area contributed by atoms with Crippen LogP contribution in [0.2, 0.25) is 0 Å². The quantitative estimate of drug-likeness (QED) is 0.441. The molecule has 1 radical (unpaired) electrons. The maximum Gasteiger partial charge on any atom is 0.277 e. The molecule has 0 amide bonds. The lowest BCUT2D eigenvalue weighted by molar-refractivity contribution is -0.434. The minimum Gasteiger partial charge on any atom is -0.259 e. The number of hydrogen-bond acceptors (Lipinski definition) is 4. The van der Waals surface area contributed by atoms with Crippen molar-refractivity contribution in [3.63, 3.8) is 0 Å². The van der Waals surface area contributed by atoms with Gasteiger partial charge in [-0.2, -0.15) is 5.43 Å². The third kappa shape index (κ3) is 1.10. The molecule has 0 saturated heterocycles. The number of nitrogens with zero attached hydrogens (tertiary/aromatic N) is 4. The van der Waals surface area contributed by atoms with Gasteiger partial charge in [0.15, 0.2) is 5.54 Å². The largest absolute Gasteiger partial charge is 0.277 e. The van der Waals surface area contributed by atoms with Gasteiger partial charge in [-0.15, -0.1) is 5.11 Å². The minimum absolute atomic E-state index is 0.0833. The van der Waals surface area contributed by atoms with Gasteiger partial charge in [-0.05, 0) is 0 Å². The van der Waals surface area contributed by atoms with Crippen molar-refractivity contribution >= 4 is 0 Å². The first-order valence-corrected chi connectivity index (χ1v) is 3.85. The van der Waals surface area contributed by atoms with E-state index in [4.69, 9.17) is 0 Å². The molecular formula is C7H7N4O2. The van der Waals surface area contributed by atoms with Crippen LogP contribution in [0.1, 0.15) is 6.42 Å². The summed E-state index contributed by atoms with van der Waals surface area (Å²) in [4.78, 5) is 10.3. The van der Waals surface area contributed by atoms with Gasteiger partial charge in [-0.25, -0.2) is 0 Å². The summed E-state index contributed by atoms with van der Waals surface area (Å²) >= 11 is 0. The molecule has 0 aromatic carbocycles. The fraction of sp³-hybridized carbons (Fsp3) is 0.429. The lowest BCUT2D eigenvalue weighted by Crippen LogP contribution is -2.36. The Morgan fingerprint density at radius 3 is 3.08 bits per heavy atom. The highest BCUT2D eigenvalue weighted by molar-refractivity contribution is 5.27. The second kappa shape index (κ2) is 2.65. The Hall–Kier alpha value is -1.72. The van der Waals surface area contributed by atoms with E-state index in [0.29, 0.717) is 6.42 Å². The Labute approximate surface area is 74.2 Å². The minimum atomic E-state index is -0.821. The third-order valence-corrected chi connectivity index (χ3v) is 2.15. The van der Waals surface area contributed by atoms with Crippen molar-refractivity contribution in [2.45, 2.75) is 12.0 Å². The molecule has 0 fully saturated rings. The van der Waals surface area contributed by atoms with Gasteiger partial charge in [0.05, 0.1) is 11.5 Å². The van der Waals surface area contributed by atoms with Crippen LogP contribution >= 0.6 is 0 Å². The molecule has 6 heteroatoms. The Balaban J connectivity index is 2.39. The molecule has 0 bridgehead atoms. The topological polar surface area (TPSA) is 82.0 Å². The Bertz CT molecular complexity index is 333. The first-order valence-electron chi connectivity index (χ1n) is 3.85. The SMILES string of the molecule is O=[N+]([O-])C1=CC=CCC12C[N]N=N2. The first-order chi connectivity index (χ1) is 6.25. The van der Waals surface area contributed by atoms with Crippen LogP contribution < -0.4 is 5.43 Å². The molecule has 67 valence electrons. The van der Waals surface area contributed by atoms with Crippen molar-refractivity contribution in [2.24, 2.45) is 10.3 Å². The summed E-state index contributed by atoms with van der Waals surface area (Å²) in [5, 5.41) is 18.0.